The Balaban J connectivity index is 2.18. The quantitative estimate of drug-likeness (QED) is 0.782. The second-order valence-corrected chi connectivity index (χ2v) is 8.56. The maximum absolute atomic E-state index is 10.9. The van der Waals surface area contributed by atoms with Crippen LogP contribution in [0.2, 0.25) is 0 Å². The fourth-order valence-electron chi connectivity index (χ4n) is 5.46. The molecule has 1 saturated carbocycles. The summed E-state index contributed by atoms with van der Waals surface area (Å²) in [6.45, 7) is 8.67. The Morgan fingerprint density at radius 2 is 1.91 bits per heavy atom. The molecule has 1 aromatic carbocycles. The standard InChI is InChI=1S/C20H30O3/c1-12(2)14-10-15-13(8-16(14)22)9-17(23)18-19(3,11-21)6-5-7-20(15,18)4/h8,10,12,17-18,21-23H,5-7,9,11H2,1-4H3. The van der Waals surface area contributed by atoms with Gasteiger partial charge in [-0.2, -0.15) is 0 Å². The molecule has 128 valence electrons. The molecule has 0 heterocycles. The Morgan fingerprint density at radius 3 is 2.52 bits per heavy atom. The van der Waals surface area contributed by atoms with Crippen LogP contribution in [0.25, 0.3) is 0 Å². The Bertz CT molecular complexity index is 609. The molecule has 4 unspecified atom stereocenters. The Morgan fingerprint density at radius 1 is 1.22 bits per heavy atom. The van der Waals surface area contributed by atoms with Gasteiger partial charge in [0.25, 0.3) is 0 Å². The van der Waals surface area contributed by atoms with Crippen molar-refractivity contribution in [2.75, 3.05) is 6.61 Å². The molecule has 2 aliphatic carbocycles. The van der Waals surface area contributed by atoms with Crippen molar-refractivity contribution in [3.8, 4) is 5.75 Å². The van der Waals surface area contributed by atoms with Gasteiger partial charge in [-0.15, -0.1) is 0 Å². The summed E-state index contributed by atoms with van der Waals surface area (Å²) in [7, 11) is 0. The van der Waals surface area contributed by atoms with Gasteiger partial charge in [0.05, 0.1) is 6.10 Å². The number of rotatable bonds is 2. The number of aliphatic hydroxyl groups excluding tert-OH is 2. The molecule has 3 nitrogen and oxygen atoms in total. The van der Waals surface area contributed by atoms with Crippen molar-refractivity contribution >= 4 is 0 Å². The van der Waals surface area contributed by atoms with Gasteiger partial charge in [0.2, 0.25) is 0 Å². The number of phenolic OH excluding ortho intramolecular Hbond substituents is 1. The highest BCUT2D eigenvalue weighted by atomic mass is 16.3. The van der Waals surface area contributed by atoms with Crippen molar-refractivity contribution in [3.05, 3.63) is 28.8 Å². The van der Waals surface area contributed by atoms with Gasteiger partial charge in [-0.05, 0) is 58.8 Å². The van der Waals surface area contributed by atoms with Gasteiger partial charge in [-0.1, -0.05) is 40.2 Å². The van der Waals surface area contributed by atoms with Crippen LogP contribution in [-0.2, 0) is 11.8 Å². The Kier molecular flexibility index (Phi) is 4.01. The van der Waals surface area contributed by atoms with E-state index in [-0.39, 0.29) is 29.3 Å². The van der Waals surface area contributed by atoms with E-state index in [4.69, 9.17) is 0 Å². The molecule has 0 spiro atoms. The molecule has 3 heteroatoms. The zero-order valence-electron chi connectivity index (χ0n) is 14.8. The van der Waals surface area contributed by atoms with E-state index in [0.717, 1.165) is 30.4 Å². The highest BCUT2D eigenvalue weighted by Gasteiger charge is 2.55. The minimum Gasteiger partial charge on any atom is -0.508 e. The van der Waals surface area contributed by atoms with Crippen molar-refractivity contribution in [2.45, 2.75) is 70.8 Å². The van der Waals surface area contributed by atoms with Gasteiger partial charge >= 0.3 is 0 Å². The predicted octanol–water partition coefficient (Wildman–Crippen LogP) is 3.49. The SMILES string of the molecule is CC(C)c1cc2c(cc1O)CC(O)C1C(C)(CO)CCCC21C. The molecule has 2 aliphatic rings. The molecular formula is C20H30O3. The molecule has 1 fully saturated rings. The first-order valence-corrected chi connectivity index (χ1v) is 8.88. The lowest BCUT2D eigenvalue weighted by molar-refractivity contribution is -0.0847. The molecule has 0 aliphatic heterocycles. The van der Waals surface area contributed by atoms with E-state index >= 15 is 0 Å². The zero-order valence-corrected chi connectivity index (χ0v) is 14.8. The second-order valence-electron chi connectivity index (χ2n) is 8.56. The van der Waals surface area contributed by atoms with Crippen molar-refractivity contribution in [1.82, 2.24) is 0 Å². The maximum atomic E-state index is 10.9. The summed E-state index contributed by atoms with van der Waals surface area (Å²) in [6.07, 6.45) is 3.16. The molecule has 0 saturated heterocycles. The first kappa shape index (κ1) is 16.8. The number of aromatic hydroxyl groups is 1. The van der Waals surface area contributed by atoms with E-state index < -0.39 is 6.10 Å². The highest BCUT2D eigenvalue weighted by Crippen LogP contribution is 2.57. The smallest absolute Gasteiger partial charge is 0.119 e. The molecule has 3 rings (SSSR count). The number of hydrogen-bond donors (Lipinski definition) is 3. The highest BCUT2D eigenvalue weighted by molar-refractivity contribution is 5.49. The van der Waals surface area contributed by atoms with Gasteiger partial charge in [0.15, 0.2) is 0 Å². The summed E-state index contributed by atoms with van der Waals surface area (Å²) in [4.78, 5) is 0. The lowest BCUT2D eigenvalue weighted by atomic mass is 9.49. The molecule has 4 atom stereocenters. The van der Waals surface area contributed by atoms with Gasteiger partial charge in [0, 0.05) is 12.5 Å². The van der Waals surface area contributed by atoms with Crippen LogP contribution in [0.15, 0.2) is 12.1 Å². The van der Waals surface area contributed by atoms with Crippen molar-refractivity contribution in [1.29, 1.82) is 0 Å². The molecule has 23 heavy (non-hydrogen) atoms. The van der Waals surface area contributed by atoms with Crippen LogP contribution < -0.4 is 0 Å². The lowest BCUT2D eigenvalue weighted by Crippen LogP contribution is -2.56. The molecular weight excluding hydrogens is 288 g/mol. The lowest BCUT2D eigenvalue weighted by Gasteiger charge is -2.56. The second kappa shape index (κ2) is 5.49. The minimum absolute atomic E-state index is 0.0609. The number of phenols is 1. The van der Waals surface area contributed by atoms with Crippen molar-refractivity contribution in [2.24, 2.45) is 11.3 Å². The van der Waals surface area contributed by atoms with Crippen LogP contribution in [0.1, 0.15) is 69.6 Å². The first-order valence-electron chi connectivity index (χ1n) is 8.88. The molecule has 0 aromatic heterocycles. The van der Waals surface area contributed by atoms with Crippen molar-refractivity contribution < 1.29 is 15.3 Å². The summed E-state index contributed by atoms with van der Waals surface area (Å²) in [5, 5.41) is 31.2. The third kappa shape index (κ3) is 2.40. The summed E-state index contributed by atoms with van der Waals surface area (Å²) < 4.78 is 0. The molecule has 1 aromatic rings. The van der Waals surface area contributed by atoms with Gasteiger partial charge < -0.3 is 15.3 Å². The van der Waals surface area contributed by atoms with Gasteiger partial charge in [-0.3, -0.25) is 0 Å². The van der Waals surface area contributed by atoms with Crippen LogP contribution in [0.5, 0.6) is 5.75 Å². The van der Waals surface area contributed by atoms with E-state index in [1.165, 1.54) is 5.56 Å². The van der Waals surface area contributed by atoms with Crippen molar-refractivity contribution in [3.63, 3.8) is 0 Å². The topological polar surface area (TPSA) is 60.7 Å². The maximum Gasteiger partial charge on any atom is 0.119 e. The van der Waals surface area contributed by atoms with E-state index in [2.05, 4.69) is 33.8 Å². The van der Waals surface area contributed by atoms with E-state index in [0.29, 0.717) is 12.2 Å². The first-order chi connectivity index (χ1) is 10.7. The molecule has 3 N–H and O–H groups in total. The monoisotopic (exact) mass is 318 g/mol. The summed E-state index contributed by atoms with van der Waals surface area (Å²) in [5.41, 5.74) is 2.95. The average molecular weight is 318 g/mol. The van der Waals surface area contributed by atoms with E-state index in [1.54, 1.807) is 0 Å². The molecule has 0 radical (unpaired) electrons. The van der Waals surface area contributed by atoms with Crippen LogP contribution in [-0.4, -0.2) is 28.0 Å². The summed E-state index contributed by atoms with van der Waals surface area (Å²) in [5.74, 6) is 0.668. The van der Waals surface area contributed by atoms with Gasteiger partial charge in [-0.25, -0.2) is 0 Å². The molecule has 0 amide bonds. The van der Waals surface area contributed by atoms with Crippen LogP contribution >= 0.6 is 0 Å². The molecule has 0 bridgehead atoms. The number of fused-ring (bicyclic) bond motifs is 3. The third-order valence-corrected chi connectivity index (χ3v) is 6.55. The minimum atomic E-state index is -0.464. The summed E-state index contributed by atoms with van der Waals surface area (Å²) in [6, 6.07) is 4.03. The fraction of sp³-hybridized carbons (Fsp3) is 0.700. The fourth-order valence-corrected chi connectivity index (χ4v) is 5.46. The van der Waals surface area contributed by atoms with Crippen LogP contribution in [0.3, 0.4) is 0 Å². The van der Waals surface area contributed by atoms with E-state index in [9.17, 15) is 15.3 Å². The number of hydrogen-bond acceptors (Lipinski definition) is 3. The summed E-state index contributed by atoms with van der Waals surface area (Å²) >= 11 is 0. The third-order valence-electron chi connectivity index (χ3n) is 6.55. The average Bonchev–Trinajstić information content (AvgIpc) is 2.45. The number of aliphatic hydroxyl groups is 2. The number of benzene rings is 1. The zero-order chi connectivity index (χ0) is 17.0. The van der Waals surface area contributed by atoms with Crippen LogP contribution in [0.4, 0.5) is 0 Å². The predicted molar refractivity (Wildman–Crippen MR) is 91.8 cm³/mol. The Labute approximate surface area is 139 Å². The van der Waals surface area contributed by atoms with Gasteiger partial charge in [0.1, 0.15) is 5.75 Å². The normalized spacial score (nSPS) is 36.7. The Hall–Kier alpha value is -1.06. The van der Waals surface area contributed by atoms with E-state index in [1.807, 2.05) is 6.07 Å². The largest absolute Gasteiger partial charge is 0.508 e. The van der Waals surface area contributed by atoms with Crippen LogP contribution in [0, 0.1) is 11.3 Å².